The van der Waals surface area contributed by atoms with Crippen LogP contribution in [0.2, 0.25) is 0 Å². The topological polar surface area (TPSA) is 85.6 Å². The van der Waals surface area contributed by atoms with Crippen molar-refractivity contribution in [1.82, 2.24) is 4.72 Å². The maximum Gasteiger partial charge on any atom is 0.336 e. The fraction of sp³-hybridized carbons (Fsp3) is 0.188. The molecule has 0 bridgehead atoms. The van der Waals surface area contributed by atoms with Gasteiger partial charge in [0.15, 0.2) is 0 Å². The number of sulfonamides is 1. The number of esters is 1. The second-order valence-corrected chi connectivity index (χ2v) is 7.28. The van der Waals surface area contributed by atoms with Gasteiger partial charge in [0.25, 0.3) is 0 Å². The molecule has 0 saturated heterocycles. The molecule has 0 aliphatic carbocycles. The third-order valence-corrected chi connectivity index (χ3v) is 5.39. The van der Waals surface area contributed by atoms with E-state index in [9.17, 15) is 13.2 Å². The number of furan rings is 1. The lowest BCUT2D eigenvalue weighted by atomic mass is 10.1. The van der Waals surface area contributed by atoms with E-state index in [-0.39, 0.29) is 10.5 Å². The average molecular weight is 461 g/mol. The summed E-state index contributed by atoms with van der Waals surface area (Å²) in [6.07, 6.45) is 1.41. The molecular weight excluding hydrogens is 445 g/mol. The summed E-state index contributed by atoms with van der Waals surface area (Å²) in [5, 5.41) is 0. The van der Waals surface area contributed by atoms with Crippen molar-refractivity contribution in [2.45, 2.75) is 17.9 Å². The Hall–Kier alpha value is -1.65. The largest absolute Gasteiger partial charge is 0.467 e. The van der Waals surface area contributed by atoms with E-state index < -0.39 is 22.0 Å². The standard InChI is InChI=1S/C16H16INO5S/c1-11-5-7-12(8-6-11)24(20,21)18-15(14-4-3-9-23-14)13(10-17)16(19)22-2/h3-10,15,18H,1-2H3/b13-10-. The molecule has 6 nitrogen and oxygen atoms in total. The molecule has 24 heavy (non-hydrogen) atoms. The van der Waals surface area contributed by atoms with Gasteiger partial charge in [0, 0.05) is 0 Å². The summed E-state index contributed by atoms with van der Waals surface area (Å²) < 4.78 is 39.3. The molecule has 0 aliphatic rings. The van der Waals surface area contributed by atoms with Crippen molar-refractivity contribution < 1.29 is 22.4 Å². The van der Waals surface area contributed by atoms with Crippen LogP contribution in [-0.2, 0) is 19.6 Å². The molecule has 1 aromatic carbocycles. The van der Waals surface area contributed by atoms with Crippen molar-refractivity contribution in [2.24, 2.45) is 0 Å². The van der Waals surface area contributed by atoms with Crippen LogP contribution in [0.5, 0.6) is 0 Å². The highest BCUT2D eigenvalue weighted by Crippen LogP contribution is 2.27. The Labute approximate surface area is 154 Å². The first kappa shape index (κ1) is 18.7. The number of halogens is 1. The van der Waals surface area contributed by atoms with Gasteiger partial charge in [0.2, 0.25) is 10.0 Å². The van der Waals surface area contributed by atoms with E-state index in [1.54, 1.807) is 24.3 Å². The van der Waals surface area contributed by atoms with Gasteiger partial charge in [-0.15, -0.1) is 0 Å². The minimum Gasteiger partial charge on any atom is -0.467 e. The first-order chi connectivity index (χ1) is 11.4. The molecule has 1 unspecified atom stereocenters. The molecule has 1 heterocycles. The van der Waals surface area contributed by atoms with Crippen LogP contribution in [0.1, 0.15) is 17.4 Å². The Balaban J connectivity index is 2.42. The zero-order valence-electron chi connectivity index (χ0n) is 13.0. The number of carbonyl (C=O) groups excluding carboxylic acids is 1. The van der Waals surface area contributed by atoms with Crippen LogP contribution < -0.4 is 4.72 Å². The van der Waals surface area contributed by atoms with E-state index in [1.807, 2.05) is 29.5 Å². The molecule has 0 fully saturated rings. The number of hydrogen-bond donors (Lipinski definition) is 1. The van der Waals surface area contributed by atoms with Crippen molar-refractivity contribution in [2.75, 3.05) is 7.11 Å². The van der Waals surface area contributed by atoms with Gasteiger partial charge in [-0.05, 0) is 35.3 Å². The highest BCUT2D eigenvalue weighted by atomic mass is 127. The number of aryl methyl sites for hydroxylation is 1. The second kappa shape index (κ2) is 7.95. The van der Waals surface area contributed by atoms with E-state index >= 15 is 0 Å². The maximum absolute atomic E-state index is 12.6. The first-order valence-electron chi connectivity index (χ1n) is 6.90. The zero-order valence-corrected chi connectivity index (χ0v) is 16.0. The van der Waals surface area contributed by atoms with Crippen LogP contribution >= 0.6 is 22.6 Å². The molecule has 1 atom stereocenters. The molecule has 0 aliphatic heterocycles. The van der Waals surface area contributed by atoms with Gasteiger partial charge in [-0.2, -0.15) is 4.72 Å². The quantitative estimate of drug-likeness (QED) is 0.406. The molecule has 1 N–H and O–H groups in total. The lowest BCUT2D eigenvalue weighted by molar-refractivity contribution is -0.136. The summed E-state index contributed by atoms with van der Waals surface area (Å²) in [6.45, 7) is 1.86. The predicted octanol–water partition coefficient (Wildman–Crippen LogP) is 3.10. The number of benzene rings is 1. The van der Waals surface area contributed by atoms with Gasteiger partial charge < -0.3 is 9.15 Å². The number of ether oxygens (including phenoxy) is 1. The van der Waals surface area contributed by atoms with E-state index in [2.05, 4.69) is 4.72 Å². The molecule has 2 rings (SSSR count). The number of methoxy groups -OCH3 is 1. The van der Waals surface area contributed by atoms with Crippen molar-refractivity contribution in [3.8, 4) is 0 Å². The van der Waals surface area contributed by atoms with Gasteiger partial charge in [-0.25, -0.2) is 13.2 Å². The Bertz CT molecular complexity index is 826. The Kier molecular flexibility index (Phi) is 6.19. The van der Waals surface area contributed by atoms with Crippen LogP contribution in [0.3, 0.4) is 0 Å². The molecule has 2 aromatic rings. The summed E-state index contributed by atoms with van der Waals surface area (Å²) in [4.78, 5) is 12.1. The fourth-order valence-electron chi connectivity index (χ4n) is 2.01. The van der Waals surface area contributed by atoms with Crippen molar-refractivity contribution in [3.05, 3.63) is 63.6 Å². The number of nitrogens with one attached hydrogen (secondary N) is 1. The molecule has 0 radical (unpaired) electrons. The molecule has 0 amide bonds. The Morgan fingerprint density at radius 2 is 1.96 bits per heavy atom. The van der Waals surface area contributed by atoms with Crippen LogP contribution in [-0.4, -0.2) is 21.5 Å². The molecule has 0 spiro atoms. The highest BCUT2D eigenvalue weighted by Gasteiger charge is 2.30. The van der Waals surface area contributed by atoms with Crippen LogP contribution in [0.25, 0.3) is 0 Å². The minimum atomic E-state index is -3.86. The Morgan fingerprint density at radius 1 is 1.29 bits per heavy atom. The summed E-state index contributed by atoms with van der Waals surface area (Å²) >= 11 is 1.86. The SMILES string of the molecule is COC(=O)/C(=C\I)C(NS(=O)(=O)c1ccc(C)cc1)c1ccco1. The van der Waals surface area contributed by atoms with Gasteiger partial charge >= 0.3 is 5.97 Å². The van der Waals surface area contributed by atoms with Gasteiger partial charge in [-0.1, -0.05) is 40.3 Å². The van der Waals surface area contributed by atoms with Crippen molar-refractivity contribution in [3.63, 3.8) is 0 Å². The predicted molar refractivity (Wildman–Crippen MR) is 97.1 cm³/mol. The molecule has 8 heteroatoms. The molecule has 128 valence electrons. The fourth-order valence-corrected chi connectivity index (χ4v) is 3.81. The lowest BCUT2D eigenvalue weighted by Gasteiger charge is -2.18. The van der Waals surface area contributed by atoms with Crippen molar-refractivity contribution >= 4 is 38.6 Å². The highest BCUT2D eigenvalue weighted by molar-refractivity contribution is 14.1. The minimum absolute atomic E-state index is 0.0994. The molecule has 0 saturated carbocycles. The van der Waals surface area contributed by atoms with E-state index in [1.165, 1.54) is 29.6 Å². The monoisotopic (exact) mass is 461 g/mol. The molecule has 1 aromatic heterocycles. The smallest absolute Gasteiger partial charge is 0.336 e. The normalized spacial score (nSPS) is 13.5. The van der Waals surface area contributed by atoms with Crippen LogP contribution in [0, 0.1) is 6.92 Å². The van der Waals surface area contributed by atoms with E-state index in [0.29, 0.717) is 5.76 Å². The first-order valence-corrected chi connectivity index (χ1v) is 9.63. The third-order valence-electron chi connectivity index (χ3n) is 3.28. The van der Waals surface area contributed by atoms with E-state index in [0.717, 1.165) is 5.56 Å². The summed E-state index contributed by atoms with van der Waals surface area (Å²) in [6, 6.07) is 8.62. The third kappa shape index (κ3) is 4.25. The maximum atomic E-state index is 12.6. The summed E-state index contributed by atoms with van der Waals surface area (Å²) in [5.41, 5.74) is 1.07. The van der Waals surface area contributed by atoms with Crippen LogP contribution in [0.15, 0.2) is 61.6 Å². The number of carbonyl (C=O) groups is 1. The van der Waals surface area contributed by atoms with Crippen molar-refractivity contribution in [1.29, 1.82) is 0 Å². The zero-order chi connectivity index (χ0) is 17.7. The number of hydrogen-bond acceptors (Lipinski definition) is 5. The van der Waals surface area contributed by atoms with Gasteiger partial charge in [0.05, 0.1) is 23.8 Å². The van der Waals surface area contributed by atoms with E-state index in [4.69, 9.17) is 9.15 Å². The lowest BCUT2D eigenvalue weighted by Crippen LogP contribution is -2.32. The van der Waals surface area contributed by atoms with Gasteiger partial charge in [0.1, 0.15) is 11.8 Å². The Morgan fingerprint density at radius 3 is 2.46 bits per heavy atom. The average Bonchev–Trinajstić information content (AvgIpc) is 3.09. The molecular formula is C16H16INO5S. The summed E-state index contributed by atoms with van der Waals surface area (Å²) in [7, 11) is -2.63. The summed E-state index contributed by atoms with van der Waals surface area (Å²) in [5.74, 6) is -0.351. The number of rotatable bonds is 6. The van der Waals surface area contributed by atoms with Crippen LogP contribution in [0.4, 0.5) is 0 Å². The second-order valence-electron chi connectivity index (χ2n) is 4.94. The van der Waals surface area contributed by atoms with Gasteiger partial charge in [-0.3, -0.25) is 0 Å².